The van der Waals surface area contributed by atoms with Gasteiger partial charge in [-0.25, -0.2) is 4.39 Å². The van der Waals surface area contributed by atoms with Crippen LogP contribution < -0.4 is 16.6 Å². The molecule has 6 N–H and O–H groups in total. The minimum atomic E-state index is -4.27. The Morgan fingerprint density at radius 2 is 2.03 bits per heavy atom. The zero-order chi connectivity index (χ0) is 23.5. The average Bonchev–Trinajstić information content (AvgIpc) is 3.57. The summed E-state index contributed by atoms with van der Waals surface area (Å²) in [6.07, 6.45) is 3.67. The van der Waals surface area contributed by atoms with Crippen molar-refractivity contribution in [3.05, 3.63) is 63.2 Å². The molecule has 1 aromatic heterocycles. The summed E-state index contributed by atoms with van der Waals surface area (Å²) in [5.41, 5.74) is 5.45. The van der Waals surface area contributed by atoms with Gasteiger partial charge < -0.3 is 21.1 Å². The highest BCUT2D eigenvalue weighted by molar-refractivity contribution is 7.90. The number of nitrogens with one attached hydrogen (secondary N) is 3. The lowest BCUT2D eigenvalue weighted by Gasteiger charge is -2.20. The number of aromatic nitrogens is 1. The van der Waals surface area contributed by atoms with E-state index in [0.717, 1.165) is 25.3 Å². The predicted molar refractivity (Wildman–Crippen MR) is 122 cm³/mol. The molecule has 2 heterocycles. The molecule has 0 saturated heterocycles. The number of nitrogen functional groups attached to an aromatic ring is 1. The molecule has 0 spiro atoms. The largest absolute Gasteiger partial charge is 0.506 e. The molecule has 1 saturated carbocycles. The number of H-pyrrole nitrogens is 1. The van der Waals surface area contributed by atoms with Crippen LogP contribution in [0.25, 0.3) is 10.9 Å². The molecule has 0 amide bonds. The molecule has 0 atom stereocenters. The standard InChI is InChI=1S/C22H20FN5O4S/c23-13-7-11(4-3-10-1-2-10)18-14(9-13)19(29)17(22(30)27-18)21-26-15-6-5-12(20(24)25)8-16(15)33(31,32)28-21/h5-10H,1-4H2,(H3,24,25)(H,26,28)(H2,27,29,30). The summed E-state index contributed by atoms with van der Waals surface area (Å²) < 4.78 is 43.6. The van der Waals surface area contributed by atoms with Crippen molar-refractivity contribution in [3.63, 3.8) is 0 Å². The van der Waals surface area contributed by atoms with Gasteiger partial charge in [-0.1, -0.05) is 12.8 Å². The average molecular weight is 469 g/mol. The van der Waals surface area contributed by atoms with E-state index >= 15 is 0 Å². The minimum Gasteiger partial charge on any atom is -0.506 e. The number of aryl methyl sites for hydroxylation is 1. The first-order valence-corrected chi connectivity index (χ1v) is 11.8. The second-order valence-corrected chi connectivity index (χ2v) is 9.88. The quantitative estimate of drug-likeness (QED) is 0.285. The predicted octanol–water partition coefficient (Wildman–Crippen LogP) is 2.56. The number of amidine groups is 2. The fraction of sp³-hybridized carbons (Fsp3) is 0.227. The van der Waals surface area contributed by atoms with Crippen molar-refractivity contribution in [2.75, 3.05) is 5.32 Å². The maximum atomic E-state index is 14.3. The second kappa shape index (κ2) is 7.41. The maximum Gasteiger partial charge on any atom is 0.286 e. The lowest BCUT2D eigenvalue weighted by atomic mass is 10.0. The highest BCUT2D eigenvalue weighted by atomic mass is 32.2. The zero-order valence-corrected chi connectivity index (χ0v) is 18.1. The van der Waals surface area contributed by atoms with Crippen LogP contribution in [0, 0.1) is 17.1 Å². The Kier molecular flexibility index (Phi) is 4.74. The highest BCUT2D eigenvalue weighted by Gasteiger charge is 2.30. The lowest BCUT2D eigenvalue weighted by Crippen LogP contribution is -2.29. The van der Waals surface area contributed by atoms with E-state index < -0.39 is 32.7 Å². The molecule has 170 valence electrons. The number of sulfonamides is 1. The topological polar surface area (TPSA) is 161 Å². The van der Waals surface area contributed by atoms with Crippen LogP contribution in [0.1, 0.15) is 36.0 Å². The summed E-state index contributed by atoms with van der Waals surface area (Å²) >= 11 is 0. The molecule has 0 unspecified atom stereocenters. The van der Waals surface area contributed by atoms with Crippen LogP contribution >= 0.6 is 0 Å². The molecular weight excluding hydrogens is 449 g/mol. The number of aromatic hydroxyl groups is 1. The van der Waals surface area contributed by atoms with Gasteiger partial charge in [0.15, 0.2) is 5.84 Å². The van der Waals surface area contributed by atoms with Crippen LogP contribution in [-0.2, 0) is 16.4 Å². The summed E-state index contributed by atoms with van der Waals surface area (Å²) in [5.74, 6) is -1.24. The molecule has 1 aliphatic heterocycles. The molecule has 1 fully saturated rings. The van der Waals surface area contributed by atoms with E-state index in [0.29, 0.717) is 23.4 Å². The molecule has 33 heavy (non-hydrogen) atoms. The molecule has 3 aromatic rings. The Morgan fingerprint density at radius 3 is 2.73 bits per heavy atom. The summed E-state index contributed by atoms with van der Waals surface area (Å²) in [6, 6.07) is 6.46. The van der Waals surface area contributed by atoms with Gasteiger partial charge in [-0.05, 0) is 54.7 Å². The SMILES string of the molecule is N=C(N)c1ccc2c(c1)S(=O)(=O)N=C(c1c(O)c3cc(F)cc(CCC4CC4)c3[nH]c1=O)N2. The molecule has 0 radical (unpaired) electrons. The van der Waals surface area contributed by atoms with E-state index in [1.54, 1.807) is 0 Å². The summed E-state index contributed by atoms with van der Waals surface area (Å²) in [7, 11) is -4.27. The number of hydrogen-bond donors (Lipinski definition) is 5. The number of nitrogens with zero attached hydrogens (tertiary/aromatic N) is 1. The first-order valence-electron chi connectivity index (χ1n) is 10.3. The lowest BCUT2D eigenvalue weighted by molar-refractivity contribution is 0.478. The molecule has 1 aliphatic carbocycles. The van der Waals surface area contributed by atoms with Crippen molar-refractivity contribution in [3.8, 4) is 5.75 Å². The molecular formula is C22H20FN5O4S. The Bertz CT molecular complexity index is 1540. The van der Waals surface area contributed by atoms with Gasteiger partial charge in [-0.15, -0.1) is 4.40 Å². The molecule has 9 nitrogen and oxygen atoms in total. The number of pyridine rings is 1. The number of hydrogen-bond acceptors (Lipinski definition) is 6. The Hall–Kier alpha value is -3.73. The molecule has 0 bridgehead atoms. The van der Waals surface area contributed by atoms with Gasteiger partial charge in [0.05, 0.1) is 11.2 Å². The van der Waals surface area contributed by atoms with Crippen molar-refractivity contribution in [2.24, 2.45) is 16.0 Å². The molecule has 2 aliphatic rings. The van der Waals surface area contributed by atoms with Gasteiger partial charge in [0.25, 0.3) is 15.6 Å². The molecule has 5 rings (SSSR count). The zero-order valence-electron chi connectivity index (χ0n) is 17.3. The van der Waals surface area contributed by atoms with Crippen molar-refractivity contribution >= 4 is 38.3 Å². The normalized spacial score (nSPS) is 16.7. The van der Waals surface area contributed by atoms with Gasteiger partial charge in [0.1, 0.15) is 27.9 Å². The van der Waals surface area contributed by atoms with Gasteiger partial charge in [0, 0.05) is 10.9 Å². The van der Waals surface area contributed by atoms with E-state index in [2.05, 4.69) is 14.7 Å². The Morgan fingerprint density at radius 1 is 1.27 bits per heavy atom. The third kappa shape index (κ3) is 3.74. The summed E-state index contributed by atoms with van der Waals surface area (Å²) in [6.45, 7) is 0. The van der Waals surface area contributed by atoms with E-state index in [4.69, 9.17) is 11.1 Å². The first kappa shape index (κ1) is 21.1. The van der Waals surface area contributed by atoms with Gasteiger partial charge in [0.2, 0.25) is 0 Å². The van der Waals surface area contributed by atoms with Crippen LogP contribution in [0.5, 0.6) is 5.75 Å². The van der Waals surface area contributed by atoms with E-state index in [1.807, 2.05) is 0 Å². The van der Waals surface area contributed by atoms with Crippen molar-refractivity contribution in [1.29, 1.82) is 5.41 Å². The fourth-order valence-corrected chi connectivity index (χ4v) is 5.18. The molecule has 2 aromatic carbocycles. The Balaban J connectivity index is 1.64. The van der Waals surface area contributed by atoms with Crippen LogP contribution in [0.4, 0.5) is 10.1 Å². The number of halogens is 1. The first-order chi connectivity index (χ1) is 15.6. The van der Waals surface area contributed by atoms with Crippen molar-refractivity contribution in [2.45, 2.75) is 30.6 Å². The summed E-state index contributed by atoms with van der Waals surface area (Å²) in [5, 5.41) is 21.2. The second-order valence-electron chi connectivity index (χ2n) is 8.31. The number of aromatic amines is 1. The van der Waals surface area contributed by atoms with Crippen molar-refractivity contribution in [1.82, 2.24) is 4.98 Å². The third-order valence-corrected chi connectivity index (χ3v) is 7.25. The van der Waals surface area contributed by atoms with E-state index in [1.165, 1.54) is 24.3 Å². The fourth-order valence-electron chi connectivity index (χ4n) is 4.03. The smallest absolute Gasteiger partial charge is 0.286 e. The van der Waals surface area contributed by atoms with Gasteiger partial charge >= 0.3 is 0 Å². The summed E-state index contributed by atoms with van der Waals surface area (Å²) in [4.78, 5) is 15.4. The number of fused-ring (bicyclic) bond motifs is 2. The van der Waals surface area contributed by atoms with E-state index in [-0.39, 0.29) is 33.2 Å². The van der Waals surface area contributed by atoms with Crippen LogP contribution in [0.3, 0.4) is 0 Å². The number of rotatable bonds is 5. The number of benzene rings is 2. The molecule has 11 heteroatoms. The van der Waals surface area contributed by atoms with Crippen LogP contribution in [-0.4, -0.2) is 30.2 Å². The van der Waals surface area contributed by atoms with Crippen LogP contribution in [0.15, 0.2) is 44.4 Å². The van der Waals surface area contributed by atoms with Crippen LogP contribution in [0.2, 0.25) is 0 Å². The number of anilines is 1. The van der Waals surface area contributed by atoms with Crippen molar-refractivity contribution < 1.29 is 17.9 Å². The van der Waals surface area contributed by atoms with Gasteiger partial charge in [-0.2, -0.15) is 8.42 Å². The number of nitrogens with two attached hydrogens (primary N) is 1. The van der Waals surface area contributed by atoms with Gasteiger partial charge in [-0.3, -0.25) is 10.2 Å². The maximum absolute atomic E-state index is 14.3. The highest BCUT2D eigenvalue weighted by Crippen LogP contribution is 2.36. The third-order valence-electron chi connectivity index (χ3n) is 5.93. The monoisotopic (exact) mass is 469 g/mol. The van der Waals surface area contributed by atoms with E-state index in [9.17, 15) is 22.7 Å². The Labute approximate surface area is 187 Å². The minimum absolute atomic E-state index is 0.0648.